The maximum atomic E-state index is 10.8. The molecule has 0 fully saturated rings. The Balaban J connectivity index is 0.000000326. The molecule has 1 aliphatic heterocycles. The van der Waals surface area contributed by atoms with Gasteiger partial charge in [-0.3, -0.25) is 0 Å². The number of halogens is 1. The number of aliphatic hydroxyl groups is 1. The van der Waals surface area contributed by atoms with Gasteiger partial charge in [-0.05, 0) is 6.07 Å². The molecule has 102 valence electrons. The molecule has 0 spiro atoms. The van der Waals surface area contributed by atoms with Crippen LogP contribution in [0.1, 0.15) is 15.9 Å². The molecule has 1 aromatic carbocycles. The van der Waals surface area contributed by atoms with Crippen LogP contribution in [-0.2, 0) is 11.3 Å². The Morgan fingerprint density at radius 1 is 1.28 bits per heavy atom. The summed E-state index contributed by atoms with van der Waals surface area (Å²) < 4.78 is 5.63. The number of rotatable bonds is 2. The Labute approximate surface area is 114 Å². The largest absolute Gasteiger partial charge is 1.00 e. The molecule has 2 rings (SSSR count). The van der Waals surface area contributed by atoms with E-state index in [1.807, 2.05) is 18.2 Å². The maximum Gasteiger partial charge on any atom is 0.338 e. The minimum absolute atomic E-state index is 0. The van der Waals surface area contributed by atoms with Gasteiger partial charge in [-0.25, -0.2) is 4.79 Å². The first-order valence-corrected chi connectivity index (χ1v) is 5.60. The van der Waals surface area contributed by atoms with E-state index in [0.29, 0.717) is 12.2 Å². The number of nitrogens with zero attached hydrogens (tertiary/aromatic N) is 1. The van der Waals surface area contributed by atoms with E-state index in [-0.39, 0.29) is 25.0 Å². The molecule has 1 heterocycles. The Bertz CT molecular complexity index is 388. The van der Waals surface area contributed by atoms with Crippen molar-refractivity contribution in [3.63, 3.8) is 0 Å². The standard InChI is InChI=1S/C8H6O2.C5H14NO.ClH/c9-8-7-4-2-1-3-6(7)5-10-8;1-6(2,3)4-5-7;/h1-4H,5H2;7H,4-5H2,1-3H3;1H/q;+1;/p-1. The summed E-state index contributed by atoms with van der Waals surface area (Å²) in [6, 6.07) is 7.43. The number of esters is 1. The van der Waals surface area contributed by atoms with Crippen LogP contribution in [-0.4, -0.2) is 49.9 Å². The molecule has 1 N–H and O–H groups in total. The molecule has 5 heteroatoms. The molecule has 0 atom stereocenters. The van der Waals surface area contributed by atoms with E-state index in [0.717, 1.165) is 16.6 Å². The molecule has 0 amide bonds. The van der Waals surface area contributed by atoms with E-state index in [1.54, 1.807) is 6.07 Å². The smallest absolute Gasteiger partial charge is 0.338 e. The summed E-state index contributed by atoms with van der Waals surface area (Å²) in [6.07, 6.45) is 0. The number of carbonyl (C=O) groups excluding carboxylic acids is 1. The minimum atomic E-state index is -0.199. The lowest BCUT2D eigenvalue weighted by molar-refractivity contribution is -0.870. The van der Waals surface area contributed by atoms with Gasteiger partial charge in [0.2, 0.25) is 0 Å². The molecule has 18 heavy (non-hydrogen) atoms. The van der Waals surface area contributed by atoms with Crippen molar-refractivity contribution >= 4 is 5.97 Å². The first-order valence-electron chi connectivity index (χ1n) is 5.60. The van der Waals surface area contributed by atoms with Gasteiger partial charge < -0.3 is 26.7 Å². The van der Waals surface area contributed by atoms with Crippen LogP contribution in [0.15, 0.2) is 24.3 Å². The van der Waals surface area contributed by atoms with Crippen LogP contribution in [0, 0.1) is 0 Å². The first kappa shape index (κ1) is 16.9. The van der Waals surface area contributed by atoms with E-state index >= 15 is 0 Å². The van der Waals surface area contributed by atoms with E-state index in [1.165, 1.54) is 0 Å². The van der Waals surface area contributed by atoms with Crippen molar-refractivity contribution in [3.8, 4) is 0 Å². The molecule has 0 radical (unpaired) electrons. The van der Waals surface area contributed by atoms with Gasteiger partial charge in [-0.1, -0.05) is 18.2 Å². The third-order valence-corrected chi connectivity index (χ3v) is 2.37. The fourth-order valence-corrected chi connectivity index (χ4v) is 1.37. The van der Waals surface area contributed by atoms with Crippen LogP contribution in [0.3, 0.4) is 0 Å². The lowest BCUT2D eigenvalue weighted by atomic mass is 10.1. The Kier molecular flexibility index (Phi) is 6.91. The highest BCUT2D eigenvalue weighted by molar-refractivity contribution is 5.93. The van der Waals surface area contributed by atoms with Gasteiger partial charge >= 0.3 is 5.97 Å². The van der Waals surface area contributed by atoms with Crippen LogP contribution in [0.4, 0.5) is 0 Å². The lowest BCUT2D eigenvalue weighted by Crippen LogP contribution is -3.00. The minimum Gasteiger partial charge on any atom is -1.00 e. The van der Waals surface area contributed by atoms with Crippen molar-refractivity contribution < 1.29 is 31.5 Å². The molecular formula is C13H20ClNO3. The predicted octanol–water partition coefficient (Wildman–Crippen LogP) is -1.95. The monoisotopic (exact) mass is 273 g/mol. The highest BCUT2D eigenvalue weighted by atomic mass is 35.5. The van der Waals surface area contributed by atoms with Gasteiger partial charge in [-0.2, -0.15) is 0 Å². The van der Waals surface area contributed by atoms with E-state index < -0.39 is 0 Å². The second-order valence-corrected chi connectivity index (χ2v) is 4.97. The number of aliphatic hydroxyl groups excluding tert-OH is 1. The van der Waals surface area contributed by atoms with Gasteiger partial charge in [0.1, 0.15) is 13.2 Å². The third-order valence-electron chi connectivity index (χ3n) is 2.37. The molecule has 1 aliphatic rings. The molecule has 0 aromatic heterocycles. The van der Waals surface area contributed by atoms with Gasteiger partial charge in [0.25, 0.3) is 0 Å². The van der Waals surface area contributed by atoms with Crippen molar-refractivity contribution in [1.82, 2.24) is 0 Å². The molecule has 0 bridgehead atoms. The number of fused-ring (bicyclic) bond motifs is 1. The zero-order valence-corrected chi connectivity index (χ0v) is 11.8. The molecule has 0 unspecified atom stereocenters. The molecule has 0 saturated heterocycles. The lowest BCUT2D eigenvalue weighted by Gasteiger charge is -2.21. The number of hydrogen-bond acceptors (Lipinski definition) is 3. The van der Waals surface area contributed by atoms with Gasteiger partial charge in [0.05, 0.1) is 33.3 Å². The Morgan fingerprint density at radius 3 is 2.33 bits per heavy atom. The zero-order chi connectivity index (χ0) is 12.9. The quantitative estimate of drug-likeness (QED) is 0.503. The van der Waals surface area contributed by atoms with Crippen molar-refractivity contribution in [1.29, 1.82) is 0 Å². The van der Waals surface area contributed by atoms with Crippen molar-refractivity contribution in [2.24, 2.45) is 0 Å². The van der Waals surface area contributed by atoms with Gasteiger partial charge in [-0.15, -0.1) is 0 Å². The summed E-state index contributed by atoms with van der Waals surface area (Å²) in [7, 11) is 6.16. The normalized spacial score (nSPS) is 12.8. The molecule has 0 saturated carbocycles. The number of likely N-dealkylation sites (N-methyl/N-ethyl adjacent to an activating group) is 1. The highest BCUT2D eigenvalue weighted by Gasteiger charge is 2.18. The molecule has 4 nitrogen and oxygen atoms in total. The first-order chi connectivity index (χ1) is 7.94. The van der Waals surface area contributed by atoms with Crippen LogP contribution in [0.5, 0.6) is 0 Å². The predicted molar refractivity (Wildman–Crippen MR) is 65.5 cm³/mol. The van der Waals surface area contributed by atoms with Gasteiger partial charge in [0, 0.05) is 5.56 Å². The molecule has 0 aliphatic carbocycles. The topological polar surface area (TPSA) is 46.5 Å². The maximum absolute atomic E-state index is 10.8. The number of ether oxygens (including phenoxy) is 1. The average molecular weight is 274 g/mol. The average Bonchev–Trinajstić information content (AvgIpc) is 2.61. The number of hydrogen-bond donors (Lipinski definition) is 1. The SMILES string of the molecule is C[N+](C)(C)CCO.O=C1OCc2ccccc21.[Cl-]. The molecule has 1 aromatic rings. The summed E-state index contributed by atoms with van der Waals surface area (Å²) in [5.41, 5.74) is 1.70. The Hall–Kier alpha value is -1.10. The van der Waals surface area contributed by atoms with Crippen LogP contribution in [0.25, 0.3) is 0 Å². The zero-order valence-electron chi connectivity index (χ0n) is 11.0. The van der Waals surface area contributed by atoms with E-state index in [9.17, 15) is 4.79 Å². The number of cyclic esters (lactones) is 1. The second-order valence-electron chi connectivity index (χ2n) is 4.97. The van der Waals surface area contributed by atoms with Crippen molar-refractivity contribution in [2.45, 2.75) is 6.61 Å². The van der Waals surface area contributed by atoms with E-state index in [2.05, 4.69) is 21.1 Å². The number of quaternary nitrogens is 1. The highest BCUT2D eigenvalue weighted by Crippen LogP contribution is 2.17. The summed E-state index contributed by atoms with van der Waals surface area (Å²) in [6.45, 7) is 1.55. The summed E-state index contributed by atoms with van der Waals surface area (Å²) in [5.74, 6) is -0.199. The van der Waals surface area contributed by atoms with E-state index in [4.69, 9.17) is 9.84 Å². The fraction of sp³-hybridized carbons (Fsp3) is 0.462. The number of carbonyl (C=O) groups is 1. The summed E-state index contributed by atoms with van der Waals surface area (Å²) >= 11 is 0. The molecular weight excluding hydrogens is 254 g/mol. The van der Waals surface area contributed by atoms with Crippen LogP contribution >= 0.6 is 0 Å². The summed E-state index contributed by atoms with van der Waals surface area (Å²) in [4.78, 5) is 10.8. The summed E-state index contributed by atoms with van der Waals surface area (Å²) in [5, 5.41) is 8.39. The second kappa shape index (κ2) is 7.36. The fourth-order valence-electron chi connectivity index (χ4n) is 1.37. The van der Waals surface area contributed by atoms with Crippen LogP contribution < -0.4 is 12.4 Å². The Morgan fingerprint density at radius 2 is 1.89 bits per heavy atom. The van der Waals surface area contributed by atoms with Crippen molar-refractivity contribution in [2.75, 3.05) is 34.3 Å². The van der Waals surface area contributed by atoms with Crippen LogP contribution in [0.2, 0.25) is 0 Å². The van der Waals surface area contributed by atoms with Crippen molar-refractivity contribution in [3.05, 3.63) is 35.4 Å². The van der Waals surface area contributed by atoms with Gasteiger partial charge in [0.15, 0.2) is 0 Å². The third kappa shape index (κ3) is 5.49. The number of benzene rings is 1.